The summed E-state index contributed by atoms with van der Waals surface area (Å²) in [4.78, 5) is 24.1. The molecular formula is C18H18FN3O5S. The Balaban J connectivity index is 1.75. The van der Waals surface area contributed by atoms with Gasteiger partial charge in [0.05, 0.1) is 4.92 Å². The second kappa shape index (κ2) is 7.55. The molecular weight excluding hydrogens is 389 g/mol. The lowest BCUT2D eigenvalue weighted by Gasteiger charge is -2.18. The summed E-state index contributed by atoms with van der Waals surface area (Å²) < 4.78 is 36.7. The number of likely N-dealkylation sites (tertiary alicyclic amines) is 1. The van der Waals surface area contributed by atoms with Gasteiger partial charge in [0.15, 0.2) is 9.84 Å². The van der Waals surface area contributed by atoms with Gasteiger partial charge in [-0.15, -0.1) is 0 Å². The van der Waals surface area contributed by atoms with Crippen LogP contribution in [-0.2, 0) is 21.2 Å². The van der Waals surface area contributed by atoms with Gasteiger partial charge in [0.25, 0.3) is 5.69 Å². The average molecular weight is 407 g/mol. The van der Waals surface area contributed by atoms with Gasteiger partial charge in [0, 0.05) is 31.1 Å². The number of nitro benzene ring substituents is 1. The molecule has 1 heterocycles. The molecule has 0 saturated carbocycles. The number of rotatable bonds is 6. The highest BCUT2D eigenvalue weighted by molar-refractivity contribution is 7.90. The smallest absolute Gasteiger partial charge is 0.288 e. The molecule has 1 aliphatic rings. The van der Waals surface area contributed by atoms with Crippen LogP contribution in [0.5, 0.6) is 0 Å². The van der Waals surface area contributed by atoms with E-state index in [0.717, 1.165) is 17.9 Å². The van der Waals surface area contributed by atoms with Crippen molar-refractivity contribution in [2.75, 3.05) is 18.1 Å². The van der Waals surface area contributed by atoms with Gasteiger partial charge < -0.3 is 10.2 Å². The highest BCUT2D eigenvalue weighted by Crippen LogP contribution is 2.28. The lowest BCUT2D eigenvalue weighted by Crippen LogP contribution is -2.33. The van der Waals surface area contributed by atoms with E-state index in [9.17, 15) is 27.7 Å². The van der Waals surface area contributed by atoms with Crippen LogP contribution in [0.25, 0.3) is 0 Å². The molecule has 1 unspecified atom stereocenters. The van der Waals surface area contributed by atoms with Gasteiger partial charge >= 0.3 is 0 Å². The number of hydrogen-bond donors (Lipinski definition) is 1. The summed E-state index contributed by atoms with van der Waals surface area (Å²) >= 11 is 0. The molecule has 148 valence electrons. The molecule has 1 amide bonds. The molecule has 0 aromatic heterocycles. The van der Waals surface area contributed by atoms with E-state index in [1.54, 1.807) is 17.0 Å². The first kappa shape index (κ1) is 19.7. The molecule has 3 rings (SSSR count). The second-order valence-electron chi connectivity index (χ2n) is 6.58. The van der Waals surface area contributed by atoms with Crippen LogP contribution < -0.4 is 5.32 Å². The molecule has 1 fully saturated rings. The Hall–Kier alpha value is -3.01. The predicted octanol–water partition coefficient (Wildman–Crippen LogP) is 2.35. The summed E-state index contributed by atoms with van der Waals surface area (Å²) in [6.45, 7) is 0.825. The summed E-state index contributed by atoms with van der Waals surface area (Å²) in [5.41, 5.74) is 0.599. The molecule has 10 heteroatoms. The molecule has 0 aliphatic carbocycles. The van der Waals surface area contributed by atoms with E-state index in [1.165, 1.54) is 24.3 Å². The first-order valence-electron chi connectivity index (χ1n) is 8.43. The largest absolute Gasteiger partial charge is 0.374 e. The fraction of sp³-hybridized carbons (Fsp3) is 0.278. The third-order valence-electron chi connectivity index (χ3n) is 4.48. The highest BCUT2D eigenvalue weighted by atomic mass is 32.2. The first-order valence-corrected chi connectivity index (χ1v) is 10.3. The van der Waals surface area contributed by atoms with Gasteiger partial charge in [0.2, 0.25) is 5.91 Å². The summed E-state index contributed by atoms with van der Waals surface area (Å²) in [5.74, 6) is -0.528. The zero-order valence-electron chi connectivity index (χ0n) is 15.0. The summed E-state index contributed by atoms with van der Waals surface area (Å²) in [6.07, 6.45) is 1.38. The van der Waals surface area contributed by atoms with Crippen molar-refractivity contribution < 1.29 is 22.5 Å². The number of nitrogens with zero attached hydrogens (tertiary/aromatic N) is 2. The number of nitro groups is 1. The molecule has 28 heavy (non-hydrogen) atoms. The van der Waals surface area contributed by atoms with Crippen molar-refractivity contribution in [2.24, 2.45) is 0 Å². The number of carbonyl (C=O) groups is 1. The number of anilines is 1. The fourth-order valence-electron chi connectivity index (χ4n) is 3.09. The minimum Gasteiger partial charge on any atom is -0.374 e. The SMILES string of the molecule is CS(=O)(=O)c1cc(NC2CCN(Cc3ccc(F)cc3)C2=O)ccc1[N+](=O)[O-]. The number of hydrogen-bond acceptors (Lipinski definition) is 6. The quantitative estimate of drug-likeness (QED) is 0.581. The predicted molar refractivity (Wildman–Crippen MR) is 100 cm³/mol. The third kappa shape index (κ3) is 4.28. The Morgan fingerprint density at radius 2 is 1.93 bits per heavy atom. The first-order chi connectivity index (χ1) is 13.1. The Morgan fingerprint density at radius 3 is 2.54 bits per heavy atom. The normalized spacial score (nSPS) is 17.0. The standard InChI is InChI=1S/C18H18FN3O5S/c1-28(26,27)17-10-14(6-7-16(17)22(24)25)20-15-8-9-21(18(15)23)11-12-2-4-13(19)5-3-12/h2-7,10,15,20H,8-9,11H2,1H3. The summed E-state index contributed by atoms with van der Waals surface area (Å²) in [7, 11) is -3.81. The van der Waals surface area contributed by atoms with Crippen molar-refractivity contribution >= 4 is 27.1 Å². The van der Waals surface area contributed by atoms with E-state index in [0.29, 0.717) is 25.2 Å². The van der Waals surface area contributed by atoms with E-state index in [-0.39, 0.29) is 11.7 Å². The maximum atomic E-state index is 13.0. The van der Waals surface area contributed by atoms with Crippen molar-refractivity contribution in [2.45, 2.75) is 23.9 Å². The molecule has 2 aromatic rings. The van der Waals surface area contributed by atoms with Crippen LogP contribution in [0.15, 0.2) is 47.4 Å². The lowest BCUT2D eigenvalue weighted by atomic mass is 10.2. The molecule has 1 N–H and O–H groups in total. The number of sulfone groups is 1. The van der Waals surface area contributed by atoms with Crippen LogP contribution in [0.4, 0.5) is 15.8 Å². The Labute approximate surface area is 161 Å². The van der Waals surface area contributed by atoms with E-state index in [1.807, 2.05) is 0 Å². The molecule has 0 spiro atoms. The van der Waals surface area contributed by atoms with Crippen LogP contribution in [-0.4, -0.2) is 43.0 Å². The Morgan fingerprint density at radius 1 is 1.25 bits per heavy atom. The monoisotopic (exact) mass is 407 g/mol. The van der Waals surface area contributed by atoms with E-state index in [2.05, 4.69) is 5.32 Å². The molecule has 1 aliphatic heterocycles. The maximum absolute atomic E-state index is 13.0. The number of carbonyl (C=O) groups excluding carboxylic acids is 1. The van der Waals surface area contributed by atoms with Crippen molar-refractivity contribution in [1.29, 1.82) is 0 Å². The summed E-state index contributed by atoms with van der Waals surface area (Å²) in [6, 6.07) is 8.95. The lowest BCUT2D eigenvalue weighted by molar-refractivity contribution is -0.387. The van der Waals surface area contributed by atoms with Crippen molar-refractivity contribution in [3.8, 4) is 0 Å². The van der Waals surface area contributed by atoms with Gasteiger partial charge in [-0.25, -0.2) is 12.8 Å². The van der Waals surface area contributed by atoms with Crippen molar-refractivity contribution in [3.05, 3.63) is 64.0 Å². The zero-order chi connectivity index (χ0) is 20.5. The number of benzene rings is 2. The van der Waals surface area contributed by atoms with Crippen LogP contribution in [0, 0.1) is 15.9 Å². The zero-order valence-corrected chi connectivity index (χ0v) is 15.8. The van der Waals surface area contributed by atoms with E-state index in [4.69, 9.17) is 0 Å². The minimum atomic E-state index is -3.81. The van der Waals surface area contributed by atoms with Crippen LogP contribution in [0.1, 0.15) is 12.0 Å². The summed E-state index contributed by atoms with van der Waals surface area (Å²) in [5, 5.41) is 14.0. The number of nitrogens with one attached hydrogen (secondary N) is 1. The number of amides is 1. The Kier molecular flexibility index (Phi) is 5.32. The third-order valence-corrected chi connectivity index (χ3v) is 5.61. The fourth-order valence-corrected chi connectivity index (χ4v) is 3.96. The molecule has 0 bridgehead atoms. The molecule has 8 nitrogen and oxygen atoms in total. The Bertz CT molecular complexity index is 1020. The topological polar surface area (TPSA) is 110 Å². The second-order valence-corrected chi connectivity index (χ2v) is 8.57. The molecule has 1 atom stereocenters. The van der Waals surface area contributed by atoms with Crippen LogP contribution in [0.3, 0.4) is 0 Å². The van der Waals surface area contributed by atoms with Crippen LogP contribution >= 0.6 is 0 Å². The van der Waals surface area contributed by atoms with Crippen LogP contribution in [0.2, 0.25) is 0 Å². The highest BCUT2D eigenvalue weighted by Gasteiger charge is 2.32. The molecule has 0 radical (unpaired) electrons. The average Bonchev–Trinajstić information content (AvgIpc) is 2.96. The van der Waals surface area contributed by atoms with Gasteiger partial charge in [-0.3, -0.25) is 14.9 Å². The molecule has 2 aromatic carbocycles. The maximum Gasteiger partial charge on any atom is 0.288 e. The molecule has 1 saturated heterocycles. The van der Waals surface area contributed by atoms with Gasteiger partial charge in [-0.05, 0) is 36.2 Å². The van der Waals surface area contributed by atoms with Gasteiger partial charge in [-0.2, -0.15) is 0 Å². The van der Waals surface area contributed by atoms with Gasteiger partial charge in [0.1, 0.15) is 16.8 Å². The van der Waals surface area contributed by atoms with E-state index < -0.39 is 31.4 Å². The van der Waals surface area contributed by atoms with Crippen molar-refractivity contribution in [1.82, 2.24) is 4.90 Å². The number of halogens is 1. The van der Waals surface area contributed by atoms with E-state index >= 15 is 0 Å². The minimum absolute atomic E-state index is 0.177. The van der Waals surface area contributed by atoms with Crippen molar-refractivity contribution in [3.63, 3.8) is 0 Å². The van der Waals surface area contributed by atoms with Gasteiger partial charge in [-0.1, -0.05) is 12.1 Å².